The van der Waals surface area contributed by atoms with E-state index in [2.05, 4.69) is 26.3 Å². The highest BCUT2D eigenvalue weighted by molar-refractivity contribution is 9.10. The Kier molecular flexibility index (Phi) is 5.52. The number of nitrogens with one attached hydrogen (secondary N) is 1. The summed E-state index contributed by atoms with van der Waals surface area (Å²) >= 11 is 9.24. The number of para-hydroxylation sites is 1. The van der Waals surface area contributed by atoms with Crippen molar-refractivity contribution in [3.63, 3.8) is 0 Å². The fraction of sp³-hybridized carbons (Fsp3) is 0. The first kappa shape index (κ1) is 17.9. The van der Waals surface area contributed by atoms with E-state index in [1.807, 2.05) is 30.3 Å². The third-order valence-corrected chi connectivity index (χ3v) is 4.44. The summed E-state index contributed by atoms with van der Waals surface area (Å²) in [5, 5.41) is 16.9. The molecule has 1 aromatic heterocycles. The normalized spacial score (nSPS) is 11.0. The van der Waals surface area contributed by atoms with Crippen LogP contribution >= 0.6 is 27.5 Å². The Bertz CT molecular complexity index is 1020. The van der Waals surface area contributed by atoms with Gasteiger partial charge in [-0.2, -0.15) is 10.4 Å². The van der Waals surface area contributed by atoms with Crippen LogP contribution < -0.4 is 5.32 Å². The molecule has 0 spiro atoms. The first-order chi connectivity index (χ1) is 12.6. The van der Waals surface area contributed by atoms with Gasteiger partial charge in [0.25, 0.3) is 5.91 Å². The smallest absolute Gasteiger partial charge is 0.266 e. The Morgan fingerprint density at radius 3 is 2.65 bits per heavy atom. The predicted molar refractivity (Wildman–Crippen MR) is 105 cm³/mol. The van der Waals surface area contributed by atoms with Gasteiger partial charge >= 0.3 is 0 Å². The van der Waals surface area contributed by atoms with Crippen LogP contribution in [0.2, 0.25) is 5.02 Å². The number of rotatable bonds is 4. The quantitative estimate of drug-likeness (QED) is 0.479. The van der Waals surface area contributed by atoms with Crippen molar-refractivity contribution in [2.75, 3.05) is 5.32 Å². The highest BCUT2D eigenvalue weighted by atomic mass is 79.9. The number of halogens is 2. The minimum atomic E-state index is -0.487. The van der Waals surface area contributed by atoms with Crippen molar-refractivity contribution in [2.24, 2.45) is 0 Å². The first-order valence-corrected chi connectivity index (χ1v) is 8.72. The number of nitrogens with zero attached hydrogens (tertiary/aromatic N) is 3. The lowest BCUT2D eigenvalue weighted by molar-refractivity contribution is -0.112. The molecule has 0 atom stereocenters. The summed E-state index contributed by atoms with van der Waals surface area (Å²) in [6.45, 7) is 0. The van der Waals surface area contributed by atoms with Crippen LogP contribution in [0.5, 0.6) is 0 Å². The summed E-state index contributed by atoms with van der Waals surface area (Å²) in [5.74, 6) is -0.487. The number of carbonyl (C=O) groups is 1. The van der Waals surface area contributed by atoms with Crippen molar-refractivity contribution in [2.45, 2.75) is 0 Å². The topological polar surface area (TPSA) is 70.7 Å². The van der Waals surface area contributed by atoms with Gasteiger partial charge in [0.1, 0.15) is 11.6 Å². The second-order valence-corrected chi connectivity index (χ2v) is 6.59. The molecule has 0 bridgehead atoms. The minimum Gasteiger partial charge on any atom is -0.320 e. The molecule has 1 amide bonds. The lowest BCUT2D eigenvalue weighted by Crippen LogP contribution is -2.13. The number of benzene rings is 2. The van der Waals surface area contributed by atoms with Crippen molar-refractivity contribution >= 4 is 45.2 Å². The van der Waals surface area contributed by atoms with Gasteiger partial charge in [0, 0.05) is 21.3 Å². The molecule has 128 valence electrons. The lowest BCUT2D eigenvalue weighted by atomic mass is 10.2. The maximum atomic E-state index is 12.3. The molecule has 5 nitrogen and oxygen atoms in total. The summed E-state index contributed by atoms with van der Waals surface area (Å²) in [6.07, 6.45) is 4.80. The molecular weight excluding hydrogens is 416 g/mol. The summed E-state index contributed by atoms with van der Waals surface area (Å²) in [6, 6.07) is 16.3. The van der Waals surface area contributed by atoms with Crippen molar-refractivity contribution in [3.8, 4) is 11.8 Å². The third-order valence-electron chi connectivity index (χ3n) is 3.49. The van der Waals surface area contributed by atoms with Gasteiger partial charge in [-0.15, -0.1) is 0 Å². The Balaban J connectivity index is 1.81. The van der Waals surface area contributed by atoms with Crippen molar-refractivity contribution in [1.29, 1.82) is 5.26 Å². The molecule has 0 unspecified atom stereocenters. The molecular formula is C19H12BrClN4O. The van der Waals surface area contributed by atoms with Gasteiger partial charge in [-0.25, -0.2) is 4.68 Å². The van der Waals surface area contributed by atoms with E-state index < -0.39 is 5.91 Å². The molecule has 26 heavy (non-hydrogen) atoms. The molecule has 0 aliphatic carbocycles. The summed E-state index contributed by atoms with van der Waals surface area (Å²) < 4.78 is 2.38. The summed E-state index contributed by atoms with van der Waals surface area (Å²) in [5.41, 5.74) is 2.04. The maximum absolute atomic E-state index is 12.3. The largest absolute Gasteiger partial charge is 0.320 e. The second kappa shape index (κ2) is 8.00. The molecule has 3 aromatic rings. The van der Waals surface area contributed by atoms with E-state index >= 15 is 0 Å². The molecule has 1 heterocycles. The van der Waals surface area contributed by atoms with Crippen LogP contribution in [0.25, 0.3) is 11.8 Å². The maximum Gasteiger partial charge on any atom is 0.266 e. The standard InChI is InChI=1S/C19H12BrClN4O/c20-17-3-1-2-4-18(17)24-19(26)14(10-22)9-13-11-23-25(12-13)16-7-5-15(21)6-8-16/h1-9,11-12H,(H,24,26)/b14-9-. The van der Waals surface area contributed by atoms with Crippen molar-refractivity contribution in [1.82, 2.24) is 9.78 Å². The van der Waals surface area contributed by atoms with Crippen molar-refractivity contribution in [3.05, 3.63) is 81.6 Å². The molecule has 0 fully saturated rings. The fourth-order valence-electron chi connectivity index (χ4n) is 2.21. The highest BCUT2D eigenvalue weighted by Gasteiger charge is 2.11. The van der Waals surface area contributed by atoms with Crippen LogP contribution in [0.1, 0.15) is 5.56 Å². The van der Waals surface area contributed by atoms with Gasteiger partial charge in [0.15, 0.2) is 0 Å². The third kappa shape index (κ3) is 4.20. The SMILES string of the molecule is N#C/C(=C/c1cnn(-c2ccc(Cl)cc2)c1)C(=O)Nc1ccccc1Br. The molecule has 0 saturated carbocycles. The Labute approximate surface area is 163 Å². The average Bonchev–Trinajstić information content (AvgIpc) is 3.10. The van der Waals surface area contributed by atoms with Gasteiger partial charge in [0.2, 0.25) is 0 Å². The molecule has 3 rings (SSSR count). The number of hydrogen-bond acceptors (Lipinski definition) is 3. The number of aromatic nitrogens is 2. The molecule has 0 saturated heterocycles. The molecule has 2 aromatic carbocycles. The Morgan fingerprint density at radius 2 is 1.96 bits per heavy atom. The van der Waals surface area contributed by atoms with Gasteiger partial charge in [-0.1, -0.05) is 23.7 Å². The number of anilines is 1. The number of nitriles is 1. The van der Waals surface area contributed by atoms with Gasteiger partial charge in [-0.3, -0.25) is 4.79 Å². The van der Waals surface area contributed by atoms with Crippen LogP contribution in [0.15, 0.2) is 71.0 Å². The van der Waals surface area contributed by atoms with Crippen LogP contribution in [-0.2, 0) is 4.79 Å². The van der Waals surface area contributed by atoms with Crippen LogP contribution in [0.3, 0.4) is 0 Å². The predicted octanol–water partition coefficient (Wildman–Crippen LogP) is 4.83. The van der Waals surface area contributed by atoms with E-state index in [1.54, 1.807) is 41.3 Å². The molecule has 7 heteroatoms. The zero-order valence-electron chi connectivity index (χ0n) is 13.4. The first-order valence-electron chi connectivity index (χ1n) is 7.55. The molecule has 0 radical (unpaired) electrons. The zero-order chi connectivity index (χ0) is 18.5. The Morgan fingerprint density at radius 1 is 1.23 bits per heavy atom. The van der Waals surface area contributed by atoms with E-state index in [1.165, 1.54) is 6.08 Å². The van der Waals surface area contributed by atoms with E-state index in [4.69, 9.17) is 11.6 Å². The number of carbonyl (C=O) groups excluding carboxylic acids is 1. The van der Waals surface area contributed by atoms with E-state index in [-0.39, 0.29) is 5.57 Å². The minimum absolute atomic E-state index is 0.0172. The van der Waals surface area contributed by atoms with E-state index in [0.717, 1.165) is 10.2 Å². The van der Waals surface area contributed by atoms with Gasteiger partial charge < -0.3 is 5.32 Å². The van der Waals surface area contributed by atoms with Crippen LogP contribution in [0, 0.1) is 11.3 Å². The molecule has 0 aliphatic rings. The zero-order valence-corrected chi connectivity index (χ0v) is 15.7. The number of amides is 1. The number of hydrogen-bond donors (Lipinski definition) is 1. The van der Waals surface area contributed by atoms with Crippen molar-refractivity contribution < 1.29 is 4.79 Å². The monoisotopic (exact) mass is 426 g/mol. The average molecular weight is 428 g/mol. The van der Waals surface area contributed by atoms with Crippen LogP contribution in [-0.4, -0.2) is 15.7 Å². The summed E-state index contributed by atoms with van der Waals surface area (Å²) in [4.78, 5) is 12.3. The molecule has 0 aliphatic heterocycles. The fourth-order valence-corrected chi connectivity index (χ4v) is 2.72. The van der Waals surface area contributed by atoms with E-state index in [9.17, 15) is 10.1 Å². The highest BCUT2D eigenvalue weighted by Crippen LogP contribution is 2.22. The molecule has 1 N–H and O–H groups in total. The lowest BCUT2D eigenvalue weighted by Gasteiger charge is -2.05. The summed E-state index contributed by atoms with van der Waals surface area (Å²) in [7, 11) is 0. The van der Waals surface area contributed by atoms with Gasteiger partial charge in [0.05, 0.1) is 17.6 Å². The second-order valence-electron chi connectivity index (χ2n) is 5.30. The van der Waals surface area contributed by atoms with Gasteiger partial charge in [-0.05, 0) is 58.4 Å². The Hall–Kier alpha value is -2.88. The van der Waals surface area contributed by atoms with Crippen LogP contribution in [0.4, 0.5) is 5.69 Å². The van der Waals surface area contributed by atoms with E-state index in [0.29, 0.717) is 16.3 Å².